The number of carbonyl (C=O) groups is 2. The van der Waals surface area contributed by atoms with Gasteiger partial charge in [-0.1, -0.05) is 0 Å². The van der Waals surface area contributed by atoms with Crippen LogP contribution >= 0.6 is 0 Å². The summed E-state index contributed by atoms with van der Waals surface area (Å²) >= 11 is 0. The molecule has 174 valence electrons. The zero-order chi connectivity index (χ0) is 23.9. The number of hydrogen-bond acceptors (Lipinski definition) is 7. The van der Waals surface area contributed by atoms with Crippen LogP contribution in [0.1, 0.15) is 55.3 Å². The lowest BCUT2D eigenvalue weighted by Gasteiger charge is -2.30. The molecule has 0 fully saturated rings. The van der Waals surface area contributed by atoms with Gasteiger partial charge in [0.25, 0.3) is 5.91 Å². The molecule has 0 aliphatic rings. The van der Waals surface area contributed by atoms with E-state index in [1.807, 2.05) is 20.8 Å². The highest BCUT2D eigenvalue weighted by Gasteiger charge is 2.27. The number of hydrogen-bond donors (Lipinski definition) is 3. The molecule has 0 saturated carbocycles. The minimum Gasteiger partial charge on any atom is -0.497 e. The molecule has 0 bridgehead atoms. The molecule has 2 rings (SSSR count). The second-order valence-corrected chi connectivity index (χ2v) is 8.49. The third kappa shape index (κ3) is 7.55. The number of aliphatic hydroxyl groups is 1. The number of rotatable bonds is 9. The maximum Gasteiger partial charge on any atom is 0.341 e. The van der Waals surface area contributed by atoms with Crippen LogP contribution in [0, 0.1) is 0 Å². The SMILES string of the molecule is CCOC(=O)c1cc(NC(=O)c2ccc(OC)cc2)ccc1OC(C)(O)CNC(C)(C)C. The van der Waals surface area contributed by atoms with E-state index in [1.54, 1.807) is 44.4 Å². The van der Waals surface area contributed by atoms with Crippen molar-refractivity contribution in [2.24, 2.45) is 0 Å². The predicted octanol–water partition coefficient (Wildman–Crippen LogP) is 3.60. The highest BCUT2D eigenvalue weighted by atomic mass is 16.6. The average Bonchev–Trinajstić information content (AvgIpc) is 2.73. The monoisotopic (exact) mass is 444 g/mol. The van der Waals surface area contributed by atoms with E-state index in [-0.39, 0.29) is 35.9 Å². The molecule has 0 spiro atoms. The molecule has 1 atom stereocenters. The lowest BCUT2D eigenvalue weighted by molar-refractivity contribution is -0.121. The molecule has 1 amide bonds. The van der Waals surface area contributed by atoms with Crippen LogP contribution in [0.3, 0.4) is 0 Å². The van der Waals surface area contributed by atoms with Gasteiger partial charge in [-0.15, -0.1) is 0 Å². The number of ether oxygens (including phenoxy) is 3. The number of amides is 1. The van der Waals surface area contributed by atoms with Crippen LogP contribution < -0.4 is 20.1 Å². The Kier molecular flexibility index (Phi) is 8.24. The minimum atomic E-state index is -1.58. The van der Waals surface area contributed by atoms with Gasteiger partial charge in [0, 0.05) is 23.7 Å². The van der Waals surface area contributed by atoms with Crippen LogP contribution in [-0.4, -0.2) is 48.6 Å². The van der Waals surface area contributed by atoms with Gasteiger partial charge in [0.05, 0.1) is 20.3 Å². The third-order valence-corrected chi connectivity index (χ3v) is 4.36. The minimum absolute atomic E-state index is 0.0930. The van der Waals surface area contributed by atoms with E-state index in [0.29, 0.717) is 17.0 Å². The summed E-state index contributed by atoms with van der Waals surface area (Å²) < 4.78 is 16.0. The van der Waals surface area contributed by atoms with E-state index >= 15 is 0 Å². The van der Waals surface area contributed by atoms with Crippen LogP contribution in [0.4, 0.5) is 5.69 Å². The number of benzene rings is 2. The fraction of sp³-hybridized carbons (Fsp3) is 0.417. The largest absolute Gasteiger partial charge is 0.497 e. The quantitative estimate of drug-likeness (QED) is 0.401. The van der Waals surface area contributed by atoms with E-state index in [2.05, 4.69) is 10.6 Å². The van der Waals surface area contributed by atoms with Gasteiger partial charge in [-0.3, -0.25) is 4.79 Å². The van der Waals surface area contributed by atoms with Crippen LogP contribution in [-0.2, 0) is 4.74 Å². The lowest BCUT2D eigenvalue weighted by atomic mass is 10.1. The van der Waals surface area contributed by atoms with Crippen molar-refractivity contribution in [3.8, 4) is 11.5 Å². The zero-order valence-electron chi connectivity index (χ0n) is 19.4. The van der Waals surface area contributed by atoms with Crippen molar-refractivity contribution in [2.45, 2.75) is 45.9 Å². The summed E-state index contributed by atoms with van der Waals surface area (Å²) in [4.78, 5) is 25.1. The fourth-order valence-corrected chi connectivity index (χ4v) is 2.71. The molecule has 1 unspecified atom stereocenters. The summed E-state index contributed by atoms with van der Waals surface area (Å²) in [5.74, 6) is -1.77. The molecule has 0 radical (unpaired) electrons. The van der Waals surface area contributed by atoms with Crippen molar-refractivity contribution >= 4 is 17.6 Å². The topological polar surface area (TPSA) is 106 Å². The molecule has 0 saturated heterocycles. The summed E-state index contributed by atoms with van der Waals surface area (Å²) in [6, 6.07) is 11.2. The number of β-amino-alcohol motifs (C(OH)–C–C–N with tert-alkyl or cyclic N) is 1. The van der Waals surface area contributed by atoms with Crippen molar-refractivity contribution in [1.29, 1.82) is 0 Å². The molecule has 3 N–H and O–H groups in total. The van der Waals surface area contributed by atoms with Crippen LogP contribution in [0.15, 0.2) is 42.5 Å². The van der Waals surface area contributed by atoms with E-state index in [9.17, 15) is 14.7 Å². The molecule has 2 aromatic carbocycles. The number of carbonyl (C=O) groups excluding carboxylic acids is 2. The maximum atomic E-state index is 12.6. The Bertz CT molecular complexity index is 932. The summed E-state index contributed by atoms with van der Waals surface area (Å²) in [7, 11) is 1.55. The van der Waals surface area contributed by atoms with Crippen LogP contribution in [0.2, 0.25) is 0 Å². The van der Waals surface area contributed by atoms with Crippen LogP contribution in [0.5, 0.6) is 11.5 Å². The van der Waals surface area contributed by atoms with Crippen molar-refractivity contribution in [3.63, 3.8) is 0 Å². The Morgan fingerprint density at radius 3 is 2.25 bits per heavy atom. The Labute approximate surface area is 188 Å². The first-order valence-corrected chi connectivity index (χ1v) is 10.4. The number of nitrogens with one attached hydrogen (secondary N) is 2. The lowest BCUT2D eigenvalue weighted by Crippen LogP contribution is -2.49. The van der Waals surface area contributed by atoms with Gasteiger partial charge in [0.1, 0.15) is 17.1 Å². The molecule has 2 aromatic rings. The molecular weight excluding hydrogens is 412 g/mol. The van der Waals surface area contributed by atoms with E-state index in [1.165, 1.54) is 19.1 Å². The van der Waals surface area contributed by atoms with Crippen LogP contribution in [0.25, 0.3) is 0 Å². The third-order valence-electron chi connectivity index (χ3n) is 4.36. The van der Waals surface area contributed by atoms with Crippen molar-refractivity contribution in [3.05, 3.63) is 53.6 Å². The molecule has 0 aliphatic heterocycles. The Balaban J connectivity index is 2.25. The van der Waals surface area contributed by atoms with Gasteiger partial charge in [0.2, 0.25) is 5.79 Å². The summed E-state index contributed by atoms with van der Waals surface area (Å²) in [6.07, 6.45) is 0. The Hall–Kier alpha value is -3.10. The van der Waals surface area contributed by atoms with Gasteiger partial charge in [0.15, 0.2) is 0 Å². The molecule has 8 nitrogen and oxygen atoms in total. The normalized spacial score (nSPS) is 13.1. The van der Waals surface area contributed by atoms with Crippen molar-refractivity contribution in [1.82, 2.24) is 5.32 Å². The first kappa shape index (κ1) is 25.2. The van der Waals surface area contributed by atoms with E-state index in [4.69, 9.17) is 14.2 Å². The molecule has 32 heavy (non-hydrogen) atoms. The van der Waals surface area contributed by atoms with E-state index < -0.39 is 11.8 Å². The Morgan fingerprint density at radius 1 is 1.03 bits per heavy atom. The van der Waals surface area contributed by atoms with Crippen molar-refractivity contribution < 1.29 is 28.9 Å². The number of esters is 1. The second-order valence-electron chi connectivity index (χ2n) is 8.49. The molecule has 8 heteroatoms. The smallest absolute Gasteiger partial charge is 0.341 e. The predicted molar refractivity (Wildman–Crippen MR) is 122 cm³/mol. The van der Waals surface area contributed by atoms with Gasteiger partial charge >= 0.3 is 5.97 Å². The summed E-state index contributed by atoms with van der Waals surface area (Å²) in [5, 5.41) is 16.6. The van der Waals surface area contributed by atoms with Crippen molar-refractivity contribution in [2.75, 3.05) is 25.6 Å². The zero-order valence-corrected chi connectivity index (χ0v) is 19.4. The highest BCUT2D eigenvalue weighted by molar-refractivity contribution is 6.05. The highest BCUT2D eigenvalue weighted by Crippen LogP contribution is 2.27. The van der Waals surface area contributed by atoms with E-state index in [0.717, 1.165) is 0 Å². The molecule has 0 aliphatic carbocycles. The number of anilines is 1. The first-order valence-electron chi connectivity index (χ1n) is 10.4. The maximum absolute atomic E-state index is 12.6. The number of methoxy groups -OCH3 is 1. The molecular formula is C24H32N2O6. The van der Waals surface area contributed by atoms with Gasteiger partial charge in [-0.05, 0) is 70.2 Å². The van der Waals surface area contributed by atoms with Gasteiger partial charge in [-0.2, -0.15) is 0 Å². The van der Waals surface area contributed by atoms with Gasteiger partial charge in [-0.25, -0.2) is 4.79 Å². The molecule has 0 heterocycles. The average molecular weight is 445 g/mol. The summed E-state index contributed by atoms with van der Waals surface area (Å²) in [5.41, 5.74) is 0.677. The molecule has 0 aromatic heterocycles. The second kappa shape index (κ2) is 10.5. The fourth-order valence-electron chi connectivity index (χ4n) is 2.71. The van der Waals surface area contributed by atoms with Gasteiger partial charge < -0.3 is 30.0 Å². The standard InChI is InChI=1S/C24H32N2O6/c1-7-31-22(28)19-14-17(26-21(27)16-8-11-18(30-6)12-9-16)10-13-20(19)32-24(5,29)15-25-23(2,3)4/h8-14,25,29H,7,15H2,1-6H3,(H,26,27). The summed E-state index contributed by atoms with van der Waals surface area (Å²) in [6.45, 7) is 9.39. The Morgan fingerprint density at radius 2 is 1.69 bits per heavy atom. The first-order chi connectivity index (χ1) is 14.9.